The third-order valence-electron chi connectivity index (χ3n) is 0.376. The molecule has 0 aromatic carbocycles. The van der Waals surface area contributed by atoms with Gasteiger partial charge in [-0.2, -0.15) is 0 Å². The molecule has 9 heavy (non-hydrogen) atoms. The average molecular weight is 222 g/mol. The first-order valence-corrected chi connectivity index (χ1v) is 6.51. The van der Waals surface area contributed by atoms with Crippen molar-refractivity contribution in [1.29, 1.82) is 0 Å². The Bertz CT molecular complexity index is 69.6. The summed E-state index contributed by atoms with van der Waals surface area (Å²) in [5.74, 6) is 0.382. The number of hydrogen-bond donors (Lipinski definition) is 0. The second-order valence-electron chi connectivity index (χ2n) is 0.861. The molecule has 0 aliphatic carbocycles. The van der Waals surface area contributed by atoms with Crippen LogP contribution in [0.15, 0.2) is 0 Å². The van der Waals surface area contributed by atoms with E-state index < -0.39 is 5.97 Å². The standard InChI is InChI=1S/C4H6ClO2.ClH.Zn/c1-2-7-4(6)3-5;;/h3H,2H2,1H3;1H;/q-1;;+2/p-1. The van der Waals surface area contributed by atoms with Gasteiger partial charge in [0.1, 0.15) is 0 Å². The van der Waals surface area contributed by atoms with E-state index in [0.717, 1.165) is 23.2 Å². The van der Waals surface area contributed by atoms with Crippen LogP contribution in [0.5, 0.6) is 0 Å². The fourth-order valence-corrected chi connectivity index (χ4v) is 0.237. The fourth-order valence-electron chi connectivity index (χ4n) is 0.174. The van der Waals surface area contributed by atoms with Crippen molar-refractivity contribution < 1.29 is 26.8 Å². The van der Waals surface area contributed by atoms with Gasteiger partial charge in [-0.3, -0.25) is 4.79 Å². The summed E-state index contributed by atoms with van der Waals surface area (Å²) in [5, 5.41) is 0. The van der Waals surface area contributed by atoms with Crippen LogP contribution in [0.25, 0.3) is 0 Å². The molecule has 0 rings (SSSR count). The van der Waals surface area contributed by atoms with Gasteiger partial charge in [-0.05, 0) is 6.92 Å². The molecule has 0 amide bonds. The van der Waals surface area contributed by atoms with Gasteiger partial charge < -0.3 is 16.3 Å². The number of esters is 1. The molecule has 0 bridgehead atoms. The SMILES string of the molecule is CCOC(=O)[CH-]Cl.[Cl][Zn+]. The minimum atomic E-state index is -0.482. The molecule has 0 heterocycles. The molecule has 2 nitrogen and oxygen atoms in total. The number of rotatable bonds is 2. The average Bonchev–Trinajstić information content (AvgIpc) is 1.93. The van der Waals surface area contributed by atoms with E-state index in [4.69, 9.17) is 21.3 Å². The third kappa shape index (κ3) is 11.9. The van der Waals surface area contributed by atoms with Gasteiger partial charge in [-0.1, -0.05) is 0 Å². The zero-order chi connectivity index (χ0) is 7.70. The van der Waals surface area contributed by atoms with E-state index in [-0.39, 0.29) is 0 Å². The Kier molecular flexibility index (Phi) is 15.4. The van der Waals surface area contributed by atoms with Gasteiger partial charge in [-0.15, -0.1) is 0 Å². The number of ether oxygens (including phenoxy) is 1. The first-order valence-electron chi connectivity index (χ1n) is 2.18. The summed E-state index contributed by atoms with van der Waals surface area (Å²) in [6.07, 6.45) is 0. The van der Waals surface area contributed by atoms with Crippen LogP contribution in [0.3, 0.4) is 0 Å². The molecular formula is C4H6Cl2O2Zn. The molecular weight excluding hydrogens is 216 g/mol. The summed E-state index contributed by atoms with van der Waals surface area (Å²) in [7, 11) is 4.76. The van der Waals surface area contributed by atoms with Crippen molar-refractivity contribution >= 4 is 27.3 Å². The van der Waals surface area contributed by atoms with Gasteiger partial charge in [0.25, 0.3) is 0 Å². The van der Waals surface area contributed by atoms with Crippen molar-refractivity contribution in [2.45, 2.75) is 6.92 Å². The molecule has 0 saturated carbocycles. The molecule has 0 N–H and O–H groups in total. The van der Waals surface area contributed by atoms with E-state index in [1.165, 1.54) is 0 Å². The molecule has 0 fully saturated rings. The maximum atomic E-state index is 10.0. The van der Waals surface area contributed by atoms with Crippen LogP contribution < -0.4 is 0 Å². The summed E-state index contributed by atoms with van der Waals surface area (Å²) >= 11 is 5.78. The predicted octanol–water partition coefficient (Wildman–Crippen LogP) is 1.64. The van der Waals surface area contributed by atoms with Crippen LogP contribution in [0.1, 0.15) is 6.92 Å². The Morgan fingerprint density at radius 1 is 1.78 bits per heavy atom. The van der Waals surface area contributed by atoms with Crippen LogP contribution in [0.4, 0.5) is 0 Å². The molecule has 0 unspecified atom stereocenters. The van der Waals surface area contributed by atoms with E-state index in [2.05, 4.69) is 4.74 Å². The molecule has 0 saturated heterocycles. The molecule has 0 spiro atoms. The maximum absolute atomic E-state index is 10.0. The van der Waals surface area contributed by atoms with Gasteiger partial charge in [0.05, 0.1) is 6.61 Å². The quantitative estimate of drug-likeness (QED) is 0.403. The topological polar surface area (TPSA) is 26.3 Å². The molecule has 0 aromatic rings. The monoisotopic (exact) mass is 220 g/mol. The van der Waals surface area contributed by atoms with E-state index in [1.807, 2.05) is 0 Å². The van der Waals surface area contributed by atoms with Crippen molar-refractivity contribution in [3.63, 3.8) is 0 Å². The molecule has 0 aliphatic heterocycles. The number of halogens is 2. The Morgan fingerprint density at radius 2 is 2.22 bits per heavy atom. The van der Waals surface area contributed by atoms with Gasteiger partial charge in [0, 0.05) is 0 Å². The first kappa shape index (κ1) is 12.2. The Labute approximate surface area is 73.6 Å². The van der Waals surface area contributed by atoms with Gasteiger partial charge >= 0.3 is 27.0 Å². The molecule has 50 valence electrons. The van der Waals surface area contributed by atoms with Crippen LogP contribution in [0, 0.1) is 5.88 Å². The second-order valence-corrected chi connectivity index (χ2v) is 1.08. The number of carbonyl (C=O) groups excluding carboxylic acids is 1. The van der Waals surface area contributed by atoms with Gasteiger partial charge in [-0.25, -0.2) is 5.88 Å². The van der Waals surface area contributed by atoms with E-state index in [1.54, 1.807) is 6.92 Å². The van der Waals surface area contributed by atoms with E-state index in [9.17, 15) is 4.79 Å². The summed E-state index contributed by atoms with van der Waals surface area (Å²) in [4.78, 5) is 10.0. The summed E-state index contributed by atoms with van der Waals surface area (Å²) in [6, 6.07) is 0. The van der Waals surface area contributed by atoms with E-state index >= 15 is 0 Å². The predicted molar refractivity (Wildman–Crippen MR) is 32.6 cm³/mol. The summed E-state index contributed by atoms with van der Waals surface area (Å²) in [5.41, 5.74) is 0. The Balaban J connectivity index is 0. The summed E-state index contributed by atoms with van der Waals surface area (Å²) in [6.45, 7) is 2.10. The normalized spacial score (nSPS) is 6.78. The zero-order valence-electron chi connectivity index (χ0n) is 5.06. The Hall–Kier alpha value is 0.543. The molecule has 0 atom stereocenters. The van der Waals surface area contributed by atoms with Crippen molar-refractivity contribution in [3.05, 3.63) is 5.88 Å². The molecule has 0 aliphatic rings. The van der Waals surface area contributed by atoms with E-state index in [0.29, 0.717) is 6.61 Å². The van der Waals surface area contributed by atoms with Gasteiger partial charge in [0.15, 0.2) is 5.97 Å². The van der Waals surface area contributed by atoms with Crippen LogP contribution >= 0.6 is 21.3 Å². The fraction of sp³-hybridized carbons (Fsp3) is 0.500. The van der Waals surface area contributed by atoms with Crippen LogP contribution in [-0.2, 0) is 26.8 Å². The second kappa shape index (κ2) is 11.4. The van der Waals surface area contributed by atoms with Crippen molar-refractivity contribution in [3.8, 4) is 0 Å². The molecule has 5 heteroatoms. The van der Waals surface area contributed by atoms with Crippen LogP contribution in [-0.4, -0.2) is 12.6 Å². The molecule has 0 radical (unpaired) electrons. The van der Waals surface area contributed by atoms with Crippen LogP contribution in [0.2, 0.25) is 0 Å². The zero-order valence-corrected chi connectivity index (χ0v) is 9.54. The van der Waals surface area contributed by atoms with Crippen molar-refractivity contribution in [1.82, 2.24) is 0 Å². The summed E-state index contributed by atoms with van der Waals surface area (Å²) < 4.78 is 4.36. The Morgan fingerprint density at radius 3 is 2.33 bits per heavy atom. The number of carbonyl (C=O) groups is 1. The van der Waals surface area contributed by atoms with Gasteiger partial charge in [0.2, 0.25) is 0 Å². The number of hydrogen-bond acceptors (Lipinski definition) is 2. The van der Waals surface area contributed by atoms with Crippen molar-refractivity contribution in [2.24, 2.45) is 0 Å². The third-order valence-corrected chi connectivity index (χ3v) is 0.554. The first-order chi connectivity index (χ1) is 4.31. The molecule has 0 aromatic heterocycles. The van der Waals surface area contributed by atoms with Crippen molar-refractivity contribution in [2.75, 3.05) is 6.61 Å². The minimum absolute atomic E-state index is 0.377.